The van der Waals surface area contributed by atoms with Gasteiger partial charge in [0.25, 0.3) is 5.91 Å². The summed E-state index contributed by atoms with van der Waals surface area (Å²) in [5, 5.41) is 5.87. The van der Waals surface area contributed by atoms with Crippen molar-refractivity contribution in [3.63, 3.8) is 0 Å². The predicted octanol–water partition coefficient (Wildman–Crippen LogP) is 2.86. The molecule has 6 nitrogen and oxygen atoms in total. The molecule has 0 aromatic heterocycles. The van der Waals surface area contributed by atoms with Gasteiger partial charge in [0.15, 0.2) is 0 Å². The highest BCUT2D eigenvalue weighted by Gasteiger charge is 2.50. The van der Waals surface area contributed by atoms with Crippen LogP contribution >= 0.6 is 0 Å². The quantitative estimate of drug-likeness (QED) is 0.642. The summed E-state index contributed by atoms with van der Waals surface area (Å²) in [4.78, 5) is 25.8. The lowest BCUT2D eigenvalue weighted by Crippen LogP contribution is -2.54. The molecule has 1 unspecified atom stereocenters. The minimum Gasteiger partial charge on any atom is -0.354 e. The smallest absolute Gasteiger partial charge is 0.251 e. The van der Waals surface area contributed by atoms with Crippen molar-refractivity contribution in [2.24, 2.45) is 23.2 Å². The van der Waals surface area contributed by atoms with Gasteiger partial charge in [0.05, 0.1) is 5.75 Å². The minimum absolute atomic E-state index is 0.0725. The fraction of sp³-hybridized carbons (Fsp3) is 0.667. The average Bonchev–Trinajstić information content (AvgIpc) is 2.67. The highest BCUT2D eigenvalue weighted by molar-refractivity contribution is 7.90. The number of benzene rings is 1. The molecule has 4 bridgehead atoms. The second kappa shape index (κ2) is 8.57. The van der Waals surface area contributed by atoms with Crippen molar-refractivity contribution in [2.45, 2.75) is 57.9 Å². The molecule has 4 aliphatic rings. The lowest BCUT2D eigenvalue weighted by atomic mass is 9.49. The lowest BCUT2D eigenvalue weighted by Gasteiger charge is -2.57. The summed E-state index contributed by atoms with van der Waals surface area (Å²) in [6.07, 6.45) is 8.81. The SMILES string of the molecule is Cc1cccc(C(=O)NC(CCS(C)(=O)=O)C(=O)NCC23CC4CC(CC(C4)C2)C3)c1. The minimum atomic E-state index is -3.24. The Morgan fingerprint density at radius 1 is 1.10 bits per heavy atom. The Hall–Kier alpha value is -1.89. The van der Waals surface area contributed by atoms with Gasteiger partial charge >= 0.3 is 0 Å². The Balaban J connectivity index is 1.42. The second-order valence-electron chi connectivity index (χ2n) is 10.4. The summed E-state index contributed by atoms with van der Waals surface area (Å²) in [5.74, 6) is 1.62. The average molecular weight is 447 g/mol. The number of rotatable bonds is 8. The van der Waals surface area contributed by atoms with E-state index in [0.717, 1.165) is 29.6 Å². The standard InChI is InChI=1S/C24H34N2O4S/c1-16-4-3-5-20(8-16)22(27)26-21(6-7-31(2,29)30)23(28)25-15-24-12-17-9-18(13-24)11-19(10-17)14-24/h3-5,8,17-19,21H,6-7,9-15H2,1-2H3,(H,25,28)(H,26,27). The Labute approximate surface area is 185 Å². The highest BCUT2D eigenvalue weighted by atomic mass is 32.2. The van der Waals surface area contributed by atoms with Crippen LogP contribution in [0.25, 0.3) is 0 Å². The van der Waals surface area contributed by atoms with Crippen LogP contribution in [0.15, 0.2) is 24.3 Å². The summed E-state index contributed by atoms with van der Waals surface area (Å²) in [6.45, 7) is 2.53. The molecule has 5 rings (SSSR count). The van der Waals surface area contributed by atoms with E-state index in [0.29, 0.717) is 12.1 Å². The highest BCUT2D eigenvalue weighted by Crippen LogP contribution is 2.59. The number of aryl methyl sites for hydroxylation is 1. The first kappa shape index (κ1) is 22.3. The molecule has 0 spiro atoms. The van der Waals surface area contributed by atoms with E-state index >= 15 is 0 Å². The molecular formula is C24H34N2O4S. The fourth-order valence-electron chi connectivity index (χ4n) is 6.53. The van der Waals surface area contributed by atoms with Crippen LogP contribution in [0.5, 0.6) is 0 Å². The number of amides is 2. The maximum atomic E-state index is 13.1. The number of sulfone groups is 1. The van der Waals surface area contributed by atoms with Crippen molar-refractivity contribution in [1.82, 2.24) is 10.6 Å². The molecule has 0 saturated heterocycles. The van der Waals surface area contributed by atoms with Gasteiger partial charge in [-0.3, -0.25) is 9.59 Å². The van der Waals surface area contributed by atoms with E-state index in [1.54, 1.807) is 18.2 Å². The van der Waals surface area contributed by atoms with E-state index in [-0.39, 0.29) is 29.4 Å². The molecule has 1 atom stereocenters. The van der Waals surface area contributed by atoms with Crippen LogP contribution in [-0.2, 0) is 14.6 Å². The van der Waals surface area contributed by atoms with Gasteiger partial charge in [-0.2, -0.15) is 0 Å². The molecule has 1 aromatic carbocycles. The number of hydrogen-bond acceptors (Lipinski definition) is 4. The summed E-state index contributed by atoms with van der Waals surface area (Å²) >= 11 is 0. The molecule has 4 fully saturated rings. The zero-order chi connectivity index (χ0) is 22.2. The van der Waals surface area contributed by atoms with Gasteiger partial charge in [-0.05, 0) is 87.2 Å². The van der Waals surface area contributed by atoms with Gasteiger partial charge in [-0.25, -0.2) is 8.42 Å². The van der Waals surface area contributed by atoms with Gasteiger partial charge in [0.2, 0.25) is 5.91 Å². The Bertz CT molecular complexity index is 921. The van der Waals surface area contributed by atoms with Gasteiger partial charge < -0.3 is 10.6 Å². The van der Waals surface area contributed by atoms with Crippen molar-refractivity contribution >= 4 is 21.7 Å². The molecule has 2 amide bonds. The summed E-state index contributed by atoms with van der Waals surface area (Å²) < 4.78 is 23.4. The Morgan fingerprint density at radius 3 is 2.26 bits per heavy atom. The molecule has 7 heteroatoms. The van der Waals surface area contributed by atoms with Crippen molar-refractivity contribution in [2.75, 3.05) is 18.6 Å². The molecule has 0 aliphatic heterocycles. The monoisotopic (exact) mass is 446 g/mol. The third-order valence-electron chi connectivity index (χ3n) is 7.48. The normalized spacial score (nSPS) is 30.1. The summed E-state index contributed by atoms with van der Waals surface area (Å²) in [6, 6.07) is 6.29. The molecule has 170 valence electrons. The predicted molar refractivity (Wildman–Crippen MR) is 120 cm³/mol. The van der Waals surface area contributed by atoms with Crippen molar-refractivity contribution in [3.05, 3.63) is 35.4 Å². The molecule has 4 saturated carbocycles. The first-order valence-electron chi connectivity index (χ1n) is 11.4. The maximum Gasteiger partial charge on any atom is 0.251 e. The second-order valence-corrected chi connectivity index (χ2v) is 12.7. The molecule has 1 aromatic rings. The van der Waals surface area contributed by atoms with Crippen molar-refractivity contribution in [3.8, 4) is 0 Å². The summed E-state index contributed by atoms with van der Waals surface area (Å²) in [5.41, 5.74) is 1.61. The van der Waals surface area contributed by atoms with E-state index < -0.39 is 15.9 Å². The van der Waals surface area contributed by atoms with E-state index in [4.69, 9.17) is 0 Å². The van der Waals surface area contributed by atoms with Crippen LogP contribution in [0.3, 0.4) is 0 Å². The van der Waals surface area contributed by atoms with Crippen LogP contribution in [0, 0.1) is 30.1 Å². The van der Waals surface area contributed by atoms with Crippen LogP contribution in [0.2, 0.25) is 0 Å². The third kappa shape index (κ3) is 5.48. The number of hydrogen-bond donors (Lipinski definition) is 2. The number of carbonyl (C=O) groups excluding carboxylic acids is 2. The van der Waals surface area contributed by atoms with Gasteiger partial charge in [-0.15, -0.1) is 0 Å². The number of nitrogens with one attached hydrogen (secondary N) is 2. The van der Waals surface area contributed by atoms with Gasteiger partial charge in [0, 0.05) is 18.4 Å². The third-order valence-corrected chi connectivity index (χ3v) is 8.46. The van der Waals surface area contributed by atoms with Crippen LogP contribution in [-0.4, -0.2) is 44.8 Å². The fourth-order valence-corrected chi connectivity index (χ4v) is 7.20. The zero-order valence-corrected chi connectivity index (χ0v) is 19.3. The van der Waals surface area contributed by atoms with Crippen molar-refractivity contribution in [1.29, 1.82) is 0 Å². The number of carbonyl (C=O) groups is 2. The molecule has 31 heavy (non-hydrogen) atoms. The largest absolute Gasteiger partial charge is 0.354 e. The molecule has 4 aliphatic carbocycles. The molecule has 0 heterocycles. The van der Waals surface area contributed by atoms with Gasteiger partial charge in [-0.1, -0.05) is 17.7 Å². The van der Waals surface area contributed by atoms with Crippen LogP contribution in [0.1, 0.15) is 60.9 Å². The first-order valence-corrected chi connectivity index (χ1v) is 13.5. The Morgan fingerprint density at radius 2 is 1.71 bits per heavy atom. The molecule has 2 N–H and O–H groups in total. The van der Waals surface area contributed by atoms with Crippen LogP contribution in [0.4, 0.5) is 0 Å². The van der Waals surface area contributed by atoms with Gasteiger partial charge in [0.1, 0.15) is 15.9 Å². The summed E-state index contributed by atoms with van der Waals surface area (Å²) in [7, 11) is -3.24. The van der Waals surface area contributed by atoms with Crippen molar-refractivity contribution < 1.29 is 18.0 Å². The first-order chi connectivity index (χ1) is 14.6. The van der Waals surface area contributed by atoms with E-state index in [1.807, 2.05) is 13.0 Å². The van der Waals surface area contributed by atoms with E-state index in [2.05, 4.69) is 10.6 Å². The zero-order valence-electron chi connectivity index (χ0n) is 18.5. The topological polar surface area (TPSA) is 92.3 Å². The maximum absolute atomic E-state index is 13.1. The Kier molecular flexibility index (Phi) is 6.16. The van der Waals surface area contributed by atoms with Crippen LogP contribution < -0.4 is 10.6 Å². The van der Waals surface area contributed by atoms with E-state index in [9.17, 15) is 18.0 Å². The lowest BCUT2D eigenvalue weighted by molar-refractivity contribution is -0.125. The molecule has 0 radical (unpaired) electrons. The molecular weight excluding hydrogens is 412 g/mol. The van der Waals surface area contributed by atoms with E-state index in [1.165, 1.54) is 38.5 Å².